The van der Waals surface area contributed by atoms with Crippen LogP contribution < -0.4 is 4.90 Å². The number of rotatable bonds is 4. The van der Waals surface area contributed by atoms with Crippen molar-refractivity contribution in [1.82, 2.24) is 15.1 Å². The Morgan fingerprint density at radius 3 is 2.48 bits per heavy atom. The molecule has 0 N–H and O–H groups in total. The van der Waals surface area contributed by atoms with Gasteiger partial charge in [-0.05, 0) is 30.7 Å². The first kappa shape index (κ1) is 15.6. The zero-order valence-electron chi connectivity index (χ0n) is 13.1. The minimum Gasteiger partial charge on any atom is -0.353 e. The van der Waals surface area contributed by atoms with Gasteiger partial charge in [-0.3, -0.25) is 9.69 Å². The predicted octanol–water partition coefficient (Wildman–Crippen LogP) is 1.99. The standard InChI is InChI=1S/C17H19FN4O/c1-13(23)12-21-6-8-22(9-7-21)17-10-15(11-19-20-17)14-2-4-16(18)5-3-14/h2-5,10-11H,6-9,12H2,1H3. The molecule has 2 aromatic rings. The van der Waals surface area contributed by atoms with E-state index in [0.29, 0.717) is 6.54 Å². The Morgan fingerprint density at radius 2 is 1.83 bits per heavy atom. The van der Waals surface area contributed by atoms with E-state index < -0.39 is 0 Å². The Bertz CT molecular complexity index is 681. The highest BCUT2D eigenvalue weighted by Crippen LogP contribution is 2.22. The molecule has 0 saturated carbocycles. The van der Waals surface area contributed by atoms with E-state index in [2.05, 4.69) is 20.0 Å². The van der Waals surface area contributed by atoms with Crippen LogP contribution in [-0.2, 0) is 4.79 Å². The van der Waals surface area contributed by atoms with Gasteiger partial charge in [0.1, 0.15) is 11.6 Å². The van der Waals surface area contributed by atoms with Crippen LogP contribution in [0.2, 0.25) is 0 Å². The maximum absolute atomic E-state index is 13.0. The summed E-state index contributed by atoms with van der Waals surface area (Å²) in [7, 11) is 0. The number of aromatic nitrogens is 2. The minimum atomic E-state index is -0.252. The molecule has 1 aromatic carbocycles. The van der Waals surface area contributed by atoms with E-state index in [1.165, 1.54) is 12.1 Å². The molecule has 0 aliphatic carbocycles. The van der Waals surface area contributed by atoms with Gasteiger partial charge in [0.25, 0.3) is 0 Å². The fourth-order valence-corrected chi connectivity index (χ4v) is 2.76. The monoisotopic (exact) mass is 314 g/mol. The van der Waals surface area contributed by atoms with Crippen molar-refractivity contribution < 1.29 is 9.18 Å². The summed E-state index contributed by atoms with van der Waals surface area (Å²) in [4.78, 5) is 15.5. The lowest BCUT2D eigenvalue weighted by Crippen LogP contribution is -2.48. The number of carbonyl (C=O) groups is 1. The number of hydrogen-bond acceptors (Lipinski definition) is 5. The second-order valence-electron chi connectivity index (χ2n) is 5.77. The molecular formula is C17H19FN4O. The number of ketones is 1. The highest BCUT2D eigenvalue weighted by Gasteiger charge is 2.19. The lowest BCUT2D eigenvalue weighted by molar-refractivity contribution is -0.118. The van der Waals surface area contributed by atoms with Gasteiger partial charge in [-0.25, -0.2) is 4.39 Å². The van der Waals surface area contributed by atoms with E-state index in [4.69, 9.17) is 0 Å². The van der Waals surface area contributed by atoms with Crippen molar-refractivity contribution in [2.24, 2.45) is 0 Å². The highest BCUT2D eigenvalue weighted by molar-refractivity contribution is 5.77. The maximum atomic E-state index is 13.0. The third kappa shape index (κ3) is 3.90. The molecule has 1 aliphatic heterocycles. The van der Waals surface area contributed by atoms with E-state index in [1.54, 1.807) is 25.3 Å². The average Bonchev–Trinajstić information content (AvgIpc) is 2.56. The van der Waals surface area contributed by atoms with Crippen LogP contribution in [-0.4, -0.2) is 53.6 Å². The Balaban J connectivity index is 1.71. The first-order chi connectivity index (χ1) is 11.1. The zero-order chi connectivity index (χ0) is 16.2. The molecule has 6 heteroatoms. The van der Waals surface area contributed by atoms with Crippen molar-refractivity contribution >= 4 is 11.6 Å². The first-order valence-corrected chi connectivity index (χ1v) is 7.67. The van der Waals surface area contributed by atoms with Crippen LogP contribution in [0, 0.1) is 5.82 Å². The molecule has 2 heterocycles. The molecule has 0 radical (unpaired) electrons. The molecule has 0 unspecified atom stereocenters. The summed E-state index contributed by atoms with van der Waals surface area (Å²) >= 11 is 0. The van der Waals surface area contributed by atoms with Crippen LogP contribution >= 0.6 is 0 Å². The van der Waals surface area contributed by atoms with Crippen LogP contribution in [0.1, 0.15) is 6.92 Å². The molecule has 23 heavy (non-hydrogen) atoms. The van der Waals surface area contributed by atoms with Gasteiger partial charge >= 0.3 is 0 Å². The zero-order valence-corrected chi connectivity index (χ0v) is 13.1. The number of benzene rings is 1. The van der Waals surface area contributed by atoms with E-state index in [1.807, 2.05) is 6.07 Å². The Hall–Kier alpha value is -2.34. The average molecular weight is 314 g/mol. The molecule has 1 aromatic heterocycles. The summed E-state index contributed by atoms with van der Waals surface area (Å²) in [6.45, 7) is 5.42. The summed E-state index contributed by atoms with van der Waals surface area (Å²) in [5.74, 6) is 0.753. The van der Waals surface area contributed by atoms with Crippen molar-refractivity contribution in [3.05, 3.63) is 42.3 Å². The van der Waals surface area contributed by atoms with Gasteiger partial charge < -0.3 is 4.90 Å². The van der Waals surface area contributed by atoms with Crippen molar-refractivity contribution in [3.8, 4) is 11.1 Å². The van der Waals surface area contributed by atoms with Gasteiger partial charge in [0.05, 0.1) is 12.7 Å². The maximum Gasteiger partial charge on any atom is 0.151 e. The normalized spacial score (nSPS) is 15.7. The number of Topliss-reactive ketones (excluding diaryl/α,β-unsaturated/α-hetero) is 1. The van der Waals surface area contributed by atoms with Gasteiger partial charge in [0, 0.05) is 31.7 Å². The number of carbonyl (C=O) groups excluding carboxylic acids is 1. The smallest absolute Gasteiger partial charge is 0.151 e. The second kappa shape index (κ2) is 6.83. The van der Waals surface area contributed by atoms with Crippen LogP contribution in [0.25, 0.3) is 11.1 Å². The highest BCUT2D eigenvalue weighted by atomic mass is 19.1. The molecule has 0 spiro atoms. The van der Waals surface area contributed by atoms with Gasteiger partial charge in [-0.2, -0.15) is 5.10 Å². The SMILES string of the molecule is CC(=O)CN1CCN(c2cc(-c3ccc(F)cc3)cnn2)CC1. The van der Waals surface area contributed by atoms with Crippen molar-refractivity contribution in [1.29, 1.82) is 0 Å². The molecular weight excluding hydrogens is 295 g/mol. The van der Waals surface area contributed by atoms with Crippen LogP contribution in [0.3, 0.4) is 0 Å². The number of anilines is 1. The van der Waals surface area contributed by atoms with E-state index in [0.717, 1.165) is 43.1 Å². The molecule has 0 amide bonds. The lowest BCUT2D eigenvalue weighted by Gasteiger charge is -2.34. The fourth-order valence-electron chi connectivity index (χ4n) is 2.76. The van der Waals surface area contributed by atoms with E-state index in [9.17, 15) is 9.18 Å². The topological polar surface area (TPSA) is 49.3 Å². The first-order valence-electron chi connectivity index (χ1n) is 7.67. The summed E-state index contributed by atoms with van der Waals surface area (Å²) in [6.07, 6.45) is 1.68. The largest absolute Gasteiger partial charge is 0.353 e. The molecule has 120 valence electrons. The lowest BCUT2D eigenvalue weighted by atomic mass is 10.1. The molecule has 1 fully saturated rings. The molecule has 0 atom stereocenters. The third-order valence-electron chi connectivity index (χ3n) is 3.96. The number of nitrogens with zero attached hydrogens (tertiary/aromatic N) is 4. The summed E-state index contributed by atoms with van der Waals surface area (Å²) in [5.41, 5.74) is 1.83. The van der Waals surface area contributed by atoms with E-state index in [-0.39, 0.29) is 11.6 Å². The van der Waals surface area contributed by atoms with Gasteiger partial charge in [0.2, 0.25) is 0 Å². The number of piperazine rings is 1. The molecule has 5 nitrogen and oxygen atoms in total. The van der Waals surface area contributed by atoms with Gasteiger partial charge in [0.15, 0.2) is 5.82 Å². The Morgan fingerprint density at radius 1 is 1.13 bits per heavy atom. The molecule has 1 saturated heterocycles. The van der Waals surface area contributed by atoms with Gasteiger partial charge in [-0.1, -0.05) is 12.1 Å². The summed E-state index contributed by atoms with van der Waals surface area (Å²) in [6, 6.07) is 8.33. The minimum absolute atomic E-state index is 0.191. The van der Waals surface area contributed by atoms with Crippen LogP contribution in [0.15, 0.2) is 36.5 Å². The van der Waals surface area contributed by atoms with Crippen LogP contribution in [0.5, 0.6) is 0 Å². The predicted molar refractivity (Wildman–Crippen MR) is 86.8 cm³/mol. The van der Waals surface area contributed by atoms with E-state index >= 15 is 0 Å². The third-order valence-corrected chi connectivity index (χ3v) is 3.96. The van der Waals surface area contributed by atoms with Crippen molar-refractivity contribution in [3.63, 3.8) is 0 Å². The molecule has 1 aliphatic rings. The van der Waals surface area contributed by atoms with Gasteiger partial charge in [-0.15, -0.1) is 5.10 Å². The second-order valence-corrected chi connectivity index (χ2v) is 5.77. The number of halogens is 1. The summed E-state index contributed by atoms with van der Waals surface area (Å²) in [5, 5.41) is 8.28. The number of hydrogen-bond donors (Lipinski definition) is 0. The van der Waals surface area contributed by atoms with Crippen LogP contribution in [0.4, 0.5) is 10.2 Å². The quantitative estimate of drug-likeness (QED) is 0.864. The molecule has 3 rings (SSSR count). The van der Waals surface area contributed by atoms with Crippen molar-refractivity contribution in [2.45, 2.75) is 6.92 Å². The molecule has 0 bridgehead atoms. The van der Waals surface area contributed by atoms with Crippen molar-refractivity contribution in [2.75, 3.05) is 37.6 Å². The summed E-state index contributed by atoms with van der Waals surface area (Å²) < 4.78 is 13.0. The fraction of sp³-hybridized carbons (Fsp3) is 0.353. The Labute approximate surface area is 134 Å². The Kier molecular flexibility index (Phi) is 4.62.